The van der Waals surface area contributed by atoms with Crippen molar-refractivity contribution in [3.05, 3.63) is 35.7 Å². The molecule has 0 bridgehead atoms. The first-order chi connectivity index (χ1) is 11.2. The molecule has 5 heteroatoms. The average molecular weight is 311 g/mol. The Kier molecular flexibility index (Phi) is 3.63. The van der Waals surface area contributed by atoms with E-state index < -0.39 is 0 Å². The third-order valence-electron chi connectivity index (χ3n) is 5.03. The van der Waals surface area contributed by atoms with Gasteiger partial charge in [0.2, 0.25) is 17.6 Å². The van der Waals surface area contributed by atoms with Crippen molar-refractivity contribution in [3.63, 3.8) is 0 Å². The molecule has 23 heavy (non-hydrogen) atoms. The molecule has 2 aromatic rings. The smallest absolute Gasteiger partial charge is 0.249 e. The number of carbonyl (C=O) groups excluding carboxylic acids is 1. The van der Waals surface area contributed by atoms with E-state index in [-0.39, 0.29) is 17.9 Å². The van der Waals surface area contributed by atoms with Crippen LogP contribution in [0.1, 0.15) is 49.6 Å². The Morgan fingerprint density at radius 2 is 1.96 bits per heavy atom. The van der Waals surface area contributed by atoms with Crippen molar-refractivity contribution in [2.45, 2.75) is 45.1 Å². The molecular formula is C18H21N3O2. The highest BCUT2D eigenvalue weighted by molar-refractivity contribution is 5.80. The second-order valence-electron chi connectivity index (χ2n) is 6.64. The molecule has 120 valence electrons. The lowest BCUT2D eigenvalue weighted by Crippen LogP contribution is -2.38. The van der Waals surface area contributed by atoms with Crippen LogP contribution in [-0.2, 0) is 4.79 Å². The number of carbonyl (C=O) groups is 1. The topological polar surface area (TPSA) is 59.2 Å². The largest absolute Gasteiger partial charge is 0.337 e. The summed E-state index contributed by atoms with van der Waals surface area (Å²) in [6.45, 7) is 2.86. The quantitative estimate of drug-likeness (QED) is 0.870. The molecule has 1 aliphatic carbocycles. The van der Waals surface area contributed by atoms with Crippen LogP contribution < -0.4 is 0 Å². The van der Waals surface area contributed by atoms with Crippen molar-refractivity contribution in [3.8, 4) is 11.4 Å². The van der Waals surface area contributed by atoms with Crippen LogP contribution in [0.4, 0.5) is 0 Å². The molecule has 0 radical (unpaired) electrons. The normalized spacial score (nSPS) is 21.4. The SMILES string of the molecule is Cc1ccc(-c2noc(C3CCCN3C(=O)C3CCC3)n2)cc1. The van der Waals surface area contributed by atoms with Gasteiger partial charge in [-0.2, -0.15) is 4.98 Å². The van der Waals surface area contributed by atoms with Gasteiger partial charge in [-0.05, 0) is 32.6 Å². The molecule has 1 aromatic heterocycles. The van der Waals surface area contributed by atoms with E-state index in [1.165, 1.54) is 12.0 Å². The van der Waals surface area contributed by atoms with Gasteiger partial charge in [-0.25, -0.2) is 0 Å². The summed E-state index contributed by atoms with van der Waals surface area (Å²) in [5.41, 5.74) is 2.14. The van der Waals surface area contributed by atoms with Gasteiger partial charge in [0.1, 0.15) is 6.04 Å². The summed E-state index contributed by atoms with van der Waals surface area (Å²) in [7, 11) is 0. The number of aromatic nitrogens is 2. The molecule has 2 heterocycles. The van der Waals surface area contributed by atoms with Crippen LogP contribution in [-0.4, -0.2) is 27.5 Å². The van der Waals surface area contributed by atoms with Gasteiger partial charge < -0.3 is 9.42 Å². The highest BCUT2D eigenvalue weighted by Gasteiger charge is 2.38. The number of rotatable bonds is 3. The Hall–Kier alpha value is -2.17. The standard InChI is InChI=1S/C18H21N3O2/c1-12-7-9-13(10-8-12)16-19-17(23-20-16)15-6-3-11-21(15)18(22)14-4-2-5-14/h7-10,14-15H,2-6,11H2,1H3. The van der Waals surface area contributed by atoms with E-state index in [1.807, 2.05) is 36.1 Å². The third-order valence-corrected chi connectivity index (χ3v) is 5.03. The van der Waals surface area contributed by atoms with E-state index in [4.69, 9.17) is 4.52 Å². The van der Waals surface area contributed by atoms with E-state index >= 15 is 0 Å². The van der Waals surface area contributed by atoms with Gasteiger partial charge in [-0.1, -0.05) is 41.4 Å². The summed E-state index contributed by atoms with van der Waals surface area (Å²) in [6, 6.07) is 8.02. The zero-order valence-electron chi connectivity index (χ0n) is 13.4. The minimum atomic E-state index is -0.0465. The fourth-order valence-electron chi connectivity index (χ4n) is 3.37. The highest BCUT2D eigenvalue weighted by atomic mass is 16.5. The van der Waals surface area contributed by atoms with Crippen LogP contribution in [0, 0.1) is 12.8 Å². The van der Waals surface area contributed by atoms with Crippen molar-refractivity contribution < 1.29 is 9.32 Å². The summed E-state index contributed by atoms with van der Waals surface area (Å²) < 4.78 is 5.49. The highest BCUT2D eigenvalue weighted by Crippen LogP contribution is 2.37. The van der Waals surface area contributed by atoms with Crippen LogP contribution in [0.25, 0.3) is 11.4 Å². The van der Waals surface area contributed by atoms with Crippen LogP contribution >= 0.6 is 0 Å². The fraction of sp³-hybridized carbons (Fsp3) is 0.500. The lowest BCUT2D eigenvalue weighted by molar-refractivity contribution is -0.139. The molecule has 1 aliphatic heterocycles. The monoisotopic (exact) mass is 311 g/mol. The van der Waals surface area contributed by atoms with Gasteiger partial charge in [0.15, 0.2) is 0 Å². The Morgan fingerprint density at radius 3 is 2.65 bits per heavy atom. The number of aryl methyl sites for hydroxylation is 1. The molecule has 1 saturated heterocycles. The summed E-state index contributed by atoms with van der Waals surface area (Å²) in [6.07, 6.45) is 5.15. The maximum absolute atomic E-state index is 12.6. The van der Waals surface area contributed by atoms with Gasteiger partial charge in [0.25, 0.3) is 0 Å². The molecule has 2 fully saturated rings. The van der Waals surface area contributed by atoms with Crippen molar-refractivity contribution in [1.29, 1.82) is 0 Å². The molecule has 5 nitrogen and oxygen atoms in total. The first-order valence-electron chi connectivity index (χ1n) is 8.43. The number of benzene rings is 1. The number of amides is 1. The summed E-state index contributed by atoms with van der Waals surface area (Å²) in [5, 5.41) is 4.11. The Morgan fingerprint density at radius 1 is 1.17 bits per heavy atom. The maximum atomic E-state index is 12.6. The van der Waals surface area contributed by atoms with Crippen molar-refractivity contribution in [1.82, 2.24) is 15.0 Å². The predicted molar refractivity (Wildman–Crippen MR) is 85.5 cm³/mol. The number of hydrogen-bond acceptors (Lipinski definition) is 4. The molecule has 1 unspecified atom stereocenters. The van der Waals surface area contributed by atoms with E-state index in [9.17, 15) is 4.79 Å². The van der Waals surface area contributed by atoms with Crippen LogP contribution in [0.2, 0.25) is 0 Å². The third kappa shape index (κ3) is 2.64. The molecule has 1 amide bonds. The molecule has 1 aromatic carbocycles. The maximum Gasteiger partial charge on any atom is 0.249 e. The van der Waals surface area contributed by atoms with Gasteiger partial charge in [0, 0.05) is 18.0 Å². The molecule has 4 rings (SSSR count). The zero-order chi connectivity index (χ0) is 15.8. The Labute approximate surface area is 135 Å². The average Bonchev–Trinajstić information content (AvgIpc) is 3.15. The lowest BCUT2D eigenvalue weighted by atomic mass is 9.84. The minimum Gasteiger partial charge on any atom is -0.337 e. The van der Waals surface area contributed by atoms with Crippen LogP contribution in [0.3, 0.4) is 0 Å². The lowest BCUT2D eigenvalue weighted by Gasteiger charge is -2.31. The Balaban J connectivity index is 1.55. The van der Waals surface area contributed by atoms with Crippen molar-refractivity contribution >= 4 is 5.91 Å². The van der Waals surface area contributed by atoms with Crippen LogP contribution in [0.15, 0.2) is 28.8 Å². The second-order valence-corrected chi connectivity index (χ2v) is 6.64. The van der Waals surface area contributed by atoms with Crippen LogP contribution in [0.5, 0.6) is 0 Å². The number of hydrogen-bond donors (Lipinski definition) is 0. The van der Waals surface area contributed by atoms with E-state index in [0.29, 0.717) is 11.7 Å². The summed E-state index contributed by atoms with van der Waals surface area (Å²) in [4.78, 5) is 19.1. The molecular weight excluding hydrogens is 290 g/mol. The Bertz CT molecular complexity index is 703. The van der Waals surface area contributed by atoms with E-state index in [2.05, 4.69) is 10.1 Å². The van der Waals surface area contributed by atoms with Gasteiger partial charge in [0.05, 0.1) is 0 Å². The van der Waals surface area contributed by atoms with Crippen molar-refractivity contribution in [2.75, 3.05) is 6.54 Å². The number of nitrogens with zero attached hydrogens (tertiary/aromatic N) is 3. The van der Waals surface area contributed by atoms with Gasteiger partial charge in [-0.15, -0.1) is 0 Å². The van der Waals surface area contributed by atoms with Gasteiger partial charge >= 0.3 is 0 Å². The first kappa shape index (κ1) is 14.4. The predicted octanol–water partition coefficient (Wildman–Crippen LogP) is 3.51. The van der Waals surface area contributed by atoms with E-state index in [0.717, 1.165) is 37.8 Å². The molecule has 0 N–H and O–H groups in total. The fourth-order valence-corrected chi connectivity index (χ4v) is 3.37. The van der Waals surface area contributed by atoms with Crippen molar-refractivity contribution in [2.24, 2.45) is 5.92 Å². The zero-order valence-corrected chi connectivity index (χ0v) is 13.4. The molecule has 1 atom stereocenters. The first-order valence-corrected chi connectivity index (χ1v) is 8.43. The minimum absolute atomic E-state index is 0.0465. The van der Waals surface area contributed by atoms with E-state index in [1.54, 1.807) is 0 Å². The number of likely N-dealkylation sites (tertiary alicyclic amines) is 1. The summed E-state index contributed by atoms with van der Waals surface area (Å²) >= 11 is 0. The second kappa shape index (κ2) is 5.80. The molecule has 0 spiro atoms. The molecule has 1 saturated carbocycles. The summed E-state index contributed by atoms with van der Waals surface area (Å²) in [5.74, 6) is 1.66. The molecule has 2 aliphatic rings. The van der Waals surface area contributed by atoms with Gasteiger partial charge in [-0.3, -0.25) is 4.79 Å².